The lowest BCUT2D eigenvalue weighted by Gasteiger charge is -2.15. The molecule has 1 aliphatic heterocycles. The largest absolute Gasteiger partial charge is 0.497 e. The van der Waals surface area contributed by atoms with Crippen molar-refractivity contribution in [3.63, 3.8) is 0 Å². The van der Waals surface area contributed by atoms with Gasteiger partial charge in [0.1, 0.15) is 11.5 Å². The molecule has 1 atom stereocenters. The first-order valence-corrected chi connectivity index (χ1v) is 6.67. The summed E-state index contributed by atoms with van der Waals surface area (Å²) in [4.78, 5) is 0. The van der Waals surface area contributed by atoms with Crippen LogP contribution in [0.25, 0.3) is 11.8 Å². The Balaban J connectivity index is 2.08. The third-order valence-electron chi connectivity index (χ3n) is 3.45. The predicted molar refractivity (Wildman–Crippen MR) is 77.2 cm³/mol. The third kappa shape index (κ3) is 2.66. The molecule has 0 saturated heterocycles. The number of methoxy groups -OCH3 is 1. The van der Waals surface area contributed by atoms with Gasteiger partial charge in [-0.25, -0.2) is 0 Å². The van der Waals surface area contributed by atoms with Crippen LogP contribution in [0, 0.1) is 0 Å². The minimum atomic E-state index is -4.48. The molecule has 2 aromatic carbocycles. The first-order chi connectivity index (χ1) is 10.5. The molecule has 0 radical (unpaired) electrons. The highest BCUT2D eigenvalue weighted by Gasteiger charge is 2.48. The number of fused-ring (bicyclic) bond motifs is 1. The van der Waals surface area contributed by atoms with Crippen LogP contribution in [0.1, 0.15) is 22.8 Å². The van der Waals surface area contributed by atoms with Gasteiger partial charge in [-0.3, -0.25) is 0 Å². The fraction of sp³-hybridized carbons (Fsp3) is 0.176. The van der Waals surface area contributed by atoms with E-state index in [1.54, 1.807) is 30.3 Å². The maximum atomic E-state index is 13.2. The van der Waals surface area contributed by atoms with Gasteiger partial charge in [-0.1, -0.05) is 30.3 Å². The molecule has 0 saturated carbocycles. The van der Waals surface area contributed by atoms with Gasteiger partial charge in [-0.05, 0) is 29.8 Å². The van der Waals surface area contributed by atoms with Crippen LogP contribution in [0.5, 0.6) is 5.75 Å². The van der Waals surface area contributed by atoms with Crippen LogP contribution < -0.4 is 4.74 Å². The molecular weight excluding hydrogens is 293 g/mol. The normalized spacial score (nSPS) is 18.9. The van der Waals surface area contributed by atoms with Gasteiger partial charge >= 0.3 is 6.18 Å². The van der Waals surface area contributed by atoms with Gasteiger partial charge in [0.25, 0.3) is 0 Å². The van der Waals surface area contributed by atoms with Crippen LogP contribution in [0.4, 0.5) is 13.2 Å². The van der Waals surface area contributed by atoms with Crippen molar-refractivity contribution in [2.75, 3.05) is 7.11 Å². The van der Waals surface area contributed by atoms with Crippen molar-refractivity contribution in [3.05, 3.63) is 65.2 Å². The summed E-state index contributed by atoms with van der Waals surface area (Å²) in [6.07, 6.45) is -4.84. The summed E-state index contributed by atoms with van der Waals surface area (Å²) in [6.45, 7) is 0. The van der Waals surface area contributed by atoms with Crippen molar-refractivity contribution in [3.8, 4) is 5.75 Å². The number of benzene rings is 2. The van der Waals surface area contributed by atoms with E-state index in [0.29, 0.717) is 11.3 Å². The molecule has 0 spiro atoms. The van der Waals surface area contributed by atoms with Crippen LogP contribution in [-0.4, -0.2) is 13.3 Å². The molecule has 1 unspecified atom stereocenters. The van der Waals surface area contributed by atoms with Crippen molar-refractivity contribution in [2.24, 2.45) is 0 Å². The van der Waals surface area contributed by atoms with E-state index in [4.69, 9.17) is 9.47 Å². The van der Waals surface area contributed by atoms with E-state index in [9.17, 15) is 13.2 Å². The molecule has 2 aromatic rings. The van der Waals surface area contributed by atoms with Gasteiger partial charge in [-0.15, -0.1) is 0 Å². The number of rotatable bonds is 2. The fourth-order valence-corrected chi connectivity index (χ4v) is 2.42. The maximum absolute atomic E-state index is 13.2. The average molecular weight is 306 g/mol. The Kier molecular flexibility index (Phi) is 3.56. The molecule has 2 nitrogen and oxygen atoms in total. The van der Waals surface area contributed by atoms with Crippen LogP contribution in [0.3, 0.4) is 0 Å². The summed E-state index contributed by atoms with van der Waals surface area (Å²) in [7, 11) is 1.42. The van der Waals surface area contributed by atoms with E-state index < -0.39 is 12.3 Å². The van der Waals surface area contributed by atoms with Crippen LogP contribution in [0.2, 0.25) is 0 Å². The lowest BCUT2D eigenvalue weighted by Crippen LogP contribution is -2.19. The van der Waals surface area contributed by atoms with Crippen LogP contribution in [-0.2, 0) is 4.74 Å². The van der Waals surface area contributed by atoms with E-state index in [1.807, 2.05) is 18.2 Å². The van der Waals surface area contributed by atoms with Gasteiger partial charge in [0.2, 0.25) is 6.10 Å². The van der Waals surface area contributed by atoms with E-state index >= 15 is 0 Å². The number of hydrogen-bond donors (Lipinski definition) is 0. The highest BCUT2D eigenvalue weighted by atomic mass is 19.4. The number of ether oxygens (including phenoxy) is 2. The molecular formula is C17H13F3O2. The second-order valence-corrected chi connectivity index (χ2v) is 4.91. The van der Waals surface area contributed by atoms with Gasteiger partial charge in [0, 0.05) is 11.1 Å². The Morgan fingerprint density at radius 2 is 1.82 bits per heavy atom. The van der Waals surface area contributed by atoms with Crippen molar-refractivity contribution < 1.29 is 22.6 Å². The predicted octanol–water partition coefficient (Wildman–Crippen LogP) is 4.83. The summed E-state index contributed by atoms with van der Waals surface area (Å²) >= 11 is 0. The molecule has 0 amide bonds. The first-order valence-electron chi connectivity index (χ1n) is 6.67. The smallest absolute Gasteiger partial charge is 0.429 e. The molecule has 3 rings (SSSR count). The summed E-state index contributed by atoms with van der Waals surface area (Å²) in [5.41, 5.74) is 1.29. The second-order valence-electron chi connectivity index (χ2n) is 4.91. The topological polar surface area (TPSA) is 18.5 Å². The molecule has 5 heteroatoms. The monoisotopic (exact) mass is 306 g/mol. The minimum Gasteiger partial charge on any atom is -0.497 e. The quantitative estimate of drug-likeness (QED) is 0.791. The Hall–Kier alpha value is -2.43. The maximum Gasteiger partial charge on any atom is 0.429 e. The third-order valence-corrected chi connectivity index (χ3v) is 3.45. The summed E-state index contributed by atoms with van der Waals surface area (Å²) < 4.78 is 49.8. The molecule has 0 aliphatic carbocycles. The Morgan fingerprint density at radius 3 is 2.45 bits per heavy atom. The van der Waals surface area contributed by atoms with Gasteiger partial charge in [0.05, 0.1) is 7.11 Å². The second kappa shape index (κ2) is 5.40. The highest BCUT2D eigenvalue weighted by molar-refractivity contribution is 5.81. The van der Waals surface area contributed by atoms with Crippen molar-refractivity contribution in [2.45, 2.75) is 12.3 Å². The zero-order chi connectivity index (χ0) is 15.7. The zero-order valence-electron chi connectivity index (χ0n) is 11.7. The summed E-state index contributed by atoms with van der Waals surface area (Å²) in [6, 6.07) is 13.7. The zero-order valence-corrected chi connectivity index (χ0v) is 11.7. The lowest BCUT2D eigenvalue weighted by molar-refractivity contribution is -0.201. The number of halogens is 3. The molecule has 0 N–H and O–H groups in total. The van der Waals surface area contributed by atoms with Gasteiger partial charge in [-0.2, -0.15) is 13.2 Å². The van der Waals surface area contributed by atoms with Crippen molar-refractivity contribution >= 4 is 11.8 Å². The molecule has 114 valence electrons. The van der Waals surface area contributed by atoms with E-state index in [1.165, 1.54) is 13.2 Å². The molecule has 0 fully saturated rings. The molecule has 1 heterocycles. The van der Waals surface area contributed by atoms with Crippen molar-refractivity contribution in [1.29, 1.82) is 0 Å². The number of alkyl halides is 3. The Morgan fingerprint density at radius 1 is 1.09 bits per heavy atom. The highest BCUT2D eigenvalue weighted by Crippen LogP contribution is 2.48. The average Bonchev–Trinajstić information content (AvgIpc) is 2.86. The van der Waals surface area contributed by atoms with E-state index in [2.05, 4.69) is 0 Å². The molecule has 1 aliphatic rings. The summed E-state index contributed by atoms with van der Waals surface area (Å²) in [5, 5.41) is 0. The van der Waals surface area contributed by atoms with Crippen LogP contribution in [0.15, 0.2) is 48.5 Å². The molecule has 22 heavy (non-hydrogen) atoms. The van der Waals surface area contributed by atoms with Crippen LogP contribution >= 0.6 is 0 Å². The standard InChI is InChI=1S/C17H13F3O2/c1-21-12-7-8-13-14(10-12)16(17(18,19)20)22-15(13)9-11-5-3-2-4-6-11/h2-10,16H,1H3/b15-9-. The first kappa shape index (κ1) is 14.5. The summed E-state index contributed by atoms with van der Waals surface area (Å²) in [5.74, 6) is 0.587. The van der Waals surface area contributed by atoms with Gasteiger partial charge < -0.3 is 9.47 Å². The number of hydrogen-bond acceptors (Lipinski definition) is 2. The van der Waals surface area contributed by atoms with Gasteiger partial charge in [0.15, 0.2) is 0 Å². The lowest BCUT2D eigenvalue weighted by atomic mass is 10.0. The SMILES string of the molecule is COc1ccc2c(c1)C(C(F)(F)F)O/C2=C\c1ccccc1. The molecule has 0 bridgehead atoms. The Labute approximate surface area is 125 Å². The minimum absolute atomic E-state index is 0.0778. The van der Waals surface area contributed by atoms with E-state index in [0.717, 1.165) is 5.56 Å². The molecule has 0 aromatic heterocycles. The Bertz CT molecular complexity index is 706. The fourth-order valence-electron chi connectivity index (χ4n) is 2.42. The van der Waals surface area contributed by atoms with Crippen molar-refractivity contribution in [1.82, 2.24) is 0 Å². The van der Waals surface area contributed by atoms with E-state index in [-0.39, 0.29) is 11.3 Å².